The van der Waals surface area contributed by atoms with E-state index in [0.717, 1.165) is 12.1 Å². The molecular weight excluding hydrogens is 516 g/mol. The Morgan fingerprint density at radius 2 is 1.85 bits per heavy atom. The van der Waals surface area contributed by atoms with Gasteiger partial charge in [0.2, 0.25) is 0 Å². The van der Waals surface area contributed by atoms with E-state index < -0.39 is 10.0 Å². The van der Waals surface area contributed by atoms with Crippen LogP contribution in [0.15, 0.2) is 78.0 Å². The monoisotopic (exact) mass is 552 g/mol. The van der Waals surface area contributed by atoms with Gasteiger partial charge in [-0.25, -0.2) is 8.42 Å². The Morgan fingerprint density at radius 1 is 1.08 bits per heavy atom. The van der Waals surface area contributed by atoms with Gasteiger partial charge >= 0.3 is 0 Å². The molecule has 1 N–H and O–H groups in total. The molecule has 39 heavy (non-hydrogen) atoms. The third-order valence-corrected chi connectivity index (χ3v) is 8.39. The number of benzene rings is 2. The molecule has 2 aromatic carbocycles. The zero-order chi connectivity index (χ0) is 28.0. The molecule has 1 aliphatic rings. The van der Waals surface area contributed by atoms with Crippen molar-refractivity contribution in [2.45, 2.75) is 37.4 Å². The number of hydrogen-bond donors (Lipinski definition) is 1. The van der Waals surface area contributed by atoms with E-state index in [2.05, 4.69) is 28.5 Å². The molecule has 0 spiro atoms. The van der Waals surface area contributed by atoms with Crippen molar-refractivity contribution >= 4 is 21.6 Å². The highest BCUT2D eigenvalue weighted by Gasteiger charge is 2.29. The normalized spacial score (nSPS) is 21.3. The molecular formula is C29H36N4O5S. The number of rotatable bonds is 6. The van der Waals surface area contributed by atoms with Crippen molar-refractivity contribution in [2.75, 3.05) is 38.6 Å². The van der Waals surface area contributed by atoms with Gasteiger partial charge < -0.3 is 14.4 Å². The van der Waals surface area contributed by atoms with Crippen LogP contribution in [0.3, 0.4) is 0 Å². The molecule has 3 aromatic rings. The molecule has 0 aliphatic carbocycles. The first-order chi connectivity index (χ1) is 18.7. The Hall–Kier alpha value is -3.47. The lowest BCUT2D eigenvalue weighted by atomic mass is 10.0. The number of nitrogens with zero attached hydrogens (tertiary/aromatic N) is 3. The average molecular weight is 553 g/mol. The maximum absolute atomic E-state index is 13.5. The molecule has 0 saturated heterocycles. The molecule has 208 valence electrons. The van der Waals surface area contributed by atoms with E-state index in [0.29, 0.717) is 36.7 Å². The molecule has 1 amide bonds. The molecule has 3 atom stereocenters. The molecule has 2 heterocycles. The highest BCUT2D eigenvalue weighted by atomic mass is 32.2. The van der Waals surface area contributed by atoms with Gasteiger partial charge in [0, 0.05) is 58.3 Å². The Kier molecular flexibility index (Phi) is 9.21. The highest BCUT2D eigenvalue weighted by molar-refractivity contribution is 7.92. The van der Waals surface area contributed by atoms with E-state index >= 15 is 0 Å². The van der Waals surface area contributed by atoms with Gasteiger partial charge in [-0.2, -0.15) is 0 Å². The van der Waals surface area contributed by atoms with Gasteiger partial charge in [-0.05, 0) is 48.7 Å². The van der Waals surface area contributed by atoms with Gasteiger partial charge in [0.25, 0.3) is 15.9 Å². The van der Waals surface area contributed by atoms with Gasteiger partial charge in [0.05, 0.1) is 22.3 Å². The first-order valence-corrected chi connectivity index (χ1v) is 14.4. The van der Waals surface area contributed by atoms with Crippen LogP contribution in [0.4, 0.5) is 5.69 Å². The van der Waals surface area contributed by atoms with Crippen molar-refractivity contribution in [3.8, 4) is 5.75 Å². The molecule has 1 aromatic heterocycles. The number of carbonyl (C=O) groups is 1. The van der Waals surface area contributed by atoms with Crippen molar-refractivity contribution in [2.24, 2.45) is 5.92 Å². The predicted molar refractivity (Wildman–Crippen MR) is 150 cm³/mol. The Morgan fingerprint density at radius 3 is 2.54 bits per heavy atom. The van der Waals surface area contributed by atoms with Crippen LogP contribution in [0, 0.1) is 5.92 Å². The van der Waals surface area contributed by atoms with Gasteiger partial charge in [-0.15, -0.1) is 0 Å². The van der Waals surface area contributed by atoms with Gasteiger partial charge in [-0.3, -0.25) is 19.4 Å². The third kappa shape index (κ3) is 7.14. The Balaban J connectivity index is 1.66. The summed E-state index contributed by atoms with van der Waals surface area (Å²) in [5.74, 6) is 0.228. The maximum atomic E-state index is 13.5. The van der Waals surface area contributed by atoms with Crippen LogP contribution >= 0.6 is 0 Å². The summed E-state index contributed by atoms with van der Waals surface area (Å²) in [5.41, 5.74) is 1.75. The number of fused-ring (bicyclic) bond motifs is 1. The lowest BCUT2D eigenvalue weighted by Gasteiger charge is -2.36. The Bertz CT molecular complexity index is 1350. The zero-order valence-corrected chi connectivity index (χ0v) is 23.6. The topological polar surface area (TPSA) is 101 Å². The number of aromatic nitrogens is 1. The van der Waals surface area contributed by atoms with Crippen LogP contribution in [0.5, 0.6) is 5.75 Å². The molecule has 0 fully saturated rings. The van der Waals surface area contributed by atoms with Crippen LogP contribution in [0.2, 0.25) is 0 Å². The maximum Gasteiger partial charge on any atom is 0.261 e. The number of likely N-dealkylation sites (N-methyl/N-ethyl adjacent to an activating group) is 1. The van der Waals surface area contributed by atoms with Gasteiger partial charge in [0.15, 0.2) is 0 Å². The van der Waals surface area contributed by atoms with Crippen molar-refractivity contribution in [1.29, 1.82) is 0 Å². The number of ether oxygens (including phenoxy) is 2. The lowest BCUT2D eigenvalue weighted by Crippen LogP contribution is -2.46. The van der Waals surface area contributed by atoms with E-state index in [9.17, 15) is 13.2 Å². The molecule has 0 saturated carbocycles. The molecule has 9 nitrogen and oxygen atoms in total. The number of carbonyl (C=O) groups excluding carboxylic acids is 1. The van der Waals surface area contributed by atoms with E-state index in [1.165, 1.54) is 12.1 Å². The fourth-order valence-electron chi connectivity index (χ4n) is 4.67. The number of pyridine rings is 1. The number of sulfonamides is 1. The molecule has 0 unspecified atom stereocenters. The Labute approximate surface area is 230 Å². The number of amides is 1. The number of hydrogen-bond acceptors (Lipinski definition) is 7. The zero-order valence-electron chi connectivity index (χ0n) is 22.8. The largest absolute Gasteiger partial charge is 0.491 e. The van der Waals surface area contributed by atoms with E-state index in [1.54, 1.807) is 61.7 Å². The minimum atomic E-state index is -3.81. The third-order valence-electron chi connectivity index (χ3n) is 6.99. The summed E-state index contributed by atoms with van der Waals surface area (Å²) in [6.45, 7) is 6.30. The molecule has 1 aliphatic heterocycles. The van der Waals surface area contributed by atoms with Crippen LogP contribution < -0.4 is 9.46 Å². The van der Waals surface area contributed by atoms with Crippen molar-refractivity contribution in [3.63, 3.8) is 0 Å². The van der Waals surface area contributed by atoms with Crippen LogP contribution in [0.25, 0.3) is 0 Å². The average Bonchev–Trinajstić information content (AvgIpc) is 2.94. The summed E-state index contributed by atoms with van der Waals surface area (Å²) in [7, 11) is -0.403. The highest BCUT2D eigenvalue weighted by Crippen LogP contribution is 2.28. The van der Waals surface area contributed by atoms with Crippen molar-refractivity contribution in [1.82, 2.24) is 14.8 Å². The predicted octanol–water partition coefficient (Wildman–Crippen LogP) is 3.89. The van der Waals surface area contributed by atoms with E-state index in [1.807, 2.05) is 18.3 Å². The van der Waals surface area contributed by atoms with E-state index in [4.69, 9.17) is 9.47 Å². The smallest absolute Gasteiger partial charge is 0.261 e. The van der Waals surface area contributed by atoms with Gasteiger partial charge in [0.1, 0.15) is 12.4 Å². The quantitative estimate of drug-likeness (QED) is 0.495. The number of anilines is 1. The first kappa shape index (κ1) is 28.5. The summed E-state index contributed by atoms with van der Waals surface area (Å²) in [4.78, 5) is 21.8. The lowest BCUT2D eigenvalue weighted by molar-refractivity contribution is 0.00920. The molecule has 4 rings (SSSR count). The molecule has 10 heteroatoms. The van der Waals surface area contributed by atoms with Crippen LogP contribution in [-0.4, -0.2) is 75.1 Å². The van der Waals surface area contributed by atoms with Crippen LogP contribution in [0.1, 0.15) is 29.8 Å². The fraction of sp³-hybridized carbons (Fsp3) is 0.379. The number of methoxy groups -OCH3 is 1. The SMILES string of the molecule is CO[C@H]1CN(C)C(=O)c2ccc(NS(=O)(=O)c3ccccc3)cc2OC[C@@H](C)N(Cc2cccnc2)C[C@H]1C. The summed E-state index contributed by atoms with van der Waals surface area (Å²) < 4.78 is 40.5. The van der Waals surface area contributed by atoms with Gasteiger partial charge in [-0.1, -0.05) is 31.2 Å². The summed E-state index contributed by atoms with van der Waals surface area (Å²) in [6.07, 6.45) is 3.43. The molecule has 0 bridgehead atoms. The second kappa shape index (κ2) is 12.6. The minimum Gasteiger partial charge on any atom is -0.491 e. The van der Waals surface area contributed by atoms with Crippen LogP contribution in [-0.2, 0) is 21.3 Å². The summed E-state index contributed by atoms with van der Waals surface area (Å²) in [6, 6.07) is 16.8. The summed E-state index contributed by atoms with van der Waals surface area (Å²) >= 11 is 0. The first-order valence-electron chi connectivity index (χ1n) is 12.9. The standard InChI is InChI=1S/C29H36N4O5S/c1-21-17-33(18-23-9-8-14-30-16-23)22(2)20-38-27-15-24(31-39(35,36)25-10-6-5-7-11-25)12-13-26(27)29(34)32(3)19-28(21)37-4/h5-16,21-22,28,31H,17-20H2,1-4H3/t21-,22-,28+/m1/s1. The number of nitrogens with one attached hydrogen (secondary N) is 1. The second-order valence-electron chi connectivity index (χ2n) is 10.0. The van der Waals surface area contributed by atoms with Crippen molar-refractivity contribution < 1.29 is 22.7 Å². The molecule has 0 radical (unpaired) electrons. The van der Waals surface area contributed by atoms with Crippen molar-refractivity contribution in [3.05, 3.63) is 84.2 Å². The second-order valence-corrected chi connectivity index (χ2v) is 11.7. The minimum absolute atomic E-state index is 0.0186. The summed E-state index contributed by atoms with van der Waals surface area (Å²) in [5, 5.41) is 0. The fourth-order valence-corrected chi connectivity index (χ4v) is 5.74. The van der Waals surface area contributed by atoms with E-state index in [-0.39, 0.29) is 28.9 Å².